The topological polar surface area (TPSA) is 105 Å². The van der Waals surface area contributed by atoms with Crippen molar-refractivity contribution in [2.24, 2.45) is 0 Å². The van der Waals surface area contributed by atoms with Gasteiger partial charge in [-0.1, -0.05) is 0 Å². The van der Waals surface area contributed by atoms with Crippen LogP contribution in [0, 0.1) is 11.3 Å². The molecule has 0 saturated carbocycles. The summed E-state index contributed by atoms with van der Waals surface area (Å²) in [5.41, 5.74) is 2.37. The van der Waals surface area contributed by atoms with Crippen LogP contribution in [0.4, 0.5) is 5.69 Å². The highest BCUT2D eigenvalue weighted by Gasteiger charge is 2.26. The number of nitrogens with zero attached hydrogens (tertiary/aromatic N) is 2. The average molecular weight is 384 g/mol. The molecule has 1 aliphatic heterocycles. The van der Waals surface area contributed by atoms with Crippen molar-refractivity contribution in [2.75, 3.05) is 23.7 Å². The molecule has 3 rings (SSSR count). The van der Waals surface area contributed by atoms with Crippen molar-refractivity contribution in [3.63, 3.8) is 0 Å². The van der Waals surface area contributed by atoms with Crippen molar-refractivity contribution in [2.45, 2.75) is 6.42 Å². The van der Waals surface area contributed by atoms with E-state index in [2.05, 4.69) is 0 Å². The van der Waals surface area contributed by atoms with E-state index in [1.54, 1.807) is 12.1 Å². The molecular weight excluding hydrogens is 368 g/mol. The molecular formula is C19H16N2O5S. The Morgan fingerprint density at radius 1 is 1.15 bits per heavy atom. The van der Waals surface area contributed by atoms with E-state index in [-0.39, 0.29) is 11.3 Å². The van der Waals surface area contributed by atoms with Gasteiger partial charge in [0.1, 0.15) is 0 Å². The lowest BCUT2D eigenvalue weighted by atomic mass is 10.1. The van der Waals surface area contributed by atoms with Gasteiger partial charge in [-0.15, -0.1) is 0 Å². The zero-order chi connectivity index (χ0) is 19.6. The Labute approximate surface area is 156 Å². The van der Waals surface area contributed by atoms with Crippen LogP contribution in [-0.4, -0.2) is 39.6 Å². The molecule has 0 amide bonds. The van der Waals surface area contributed by atoms with Crippen LogP contribution >= 0.6 is 0 Å². The summed E-state index contributed by atoms with van der Waals surface area (Å²) in [7, 11) is -3.35. The quantitative estimate of drug-likeness (QED) is 0.576. The Bertz CT molecular complexity index is 1050. The fourth-order valence-electron chi connectivity index (χ4n) is 2.87. The molecule has 0 saturated heterocycles. The maximum atomic E-state index is 12.3. The largest absolute Gasteiger partial charge is 0.454 e. The highest BCUT2D eigenvalue weighted by molar-refractivity contribution is 7.92. The fraction of sp³-hybridized carbons (Fsp3) is 0.211. The van der Waals surface area contributed by atoms with Crippen LogP contribution in [0.5, 0.6) is 0 Å². The normalized spacial score (nSPS) is 13.0. The number of hydrogen-bond donors (Lipinski definition) is 0. The van der Waals surface area contributed by atoms with E-state index in [1.165, 1.54) is 34.6 Å². The molecule has 138 valence electrons. The minimum absolute atomic E-state index is 0.250. The third-order valence-electron chi connectivity index (χ3n) is 4.24. The molecule has 27 heavy (non-hydrogen) atoms. The van der Waals surface area contributed by atoms with Crippen LogP contribution < -0.4 is 4.31 Å². The molecule has 0 bridgehead atoms. The zero-order valence-corrected chi connectivity index (χ0v) is 15.3. The number of nitriles is 1. The first-order valence-electron chi connectivity index (χ1n) is 8.11. The van der Waals surface area contributed by atoms with Gasteiger partial charge in [0.25, 0.3) is 0 Å². The Morgan fingerprint density at radius 2 is 1.81 bits per heavy atom. The van der Waals surface area contributed by atoms with Crippen LogP contribution in [0.1, 0.15) is 31.8 Å². The van der Waals surface area contributed by atoms with Crippen molar-refractivity contribution in [3.8, 4) is 6.07 Å². The highest BCUT2D eigenvalue weighted by atomic mass is 32.2. The number of sulfonamides is 1. The van der Waals surface area contributed by atoms with Gasteiger partial charge < -0.3 is 4.74 Å². The first kappa shape index (κ1) is 18.6. The number of benzene rings is 2. The SMILES string of the molecule is CS(=O)(=O)N1CCc2cc(C(=O)COC(=O)c3ccc(C#N)cc3)ccc21. The maximum absolute atomic E-state index is 12.3. The summed E-state index contributed by atoms with van der Waals surface area (Å²) in [4.78, 5) is 24.3. The summed E-state index contributed by atoms with van der Waals surface area (Å²) < 4.78 is 29.8. The van der Waals surface area contributed by atoms with E-state index >= 15 is 0 Å². The molecule has 0 radical (unpaired) electrons. The predicted molar refractivity (Wildman–Crippen MR) is 98.1 cm³/mol. The molecule has 0 aliphatic carbocycles. The summed E-state index contributed by atoms with van der Waals surface area (Å²) in [5, 5.41) is 8.75. The third-order valence-corrected chi connectivity index (χ3v) is 5.42. The number of fused-ring (bicyclic) bond motifs is 1. The van der Waals surface area contributed by atoms with Crippen LogP contribution in [0.3, 0.4) is 0 Å². The number of hydrogen-bond acceptors (Lipinski definition) is 6. The Balaban J connectivity index is 1.67. The van der Waals surface area contributed by atoms with Crippen molar-refractivity contribution in [3.05, 3.63) is 64.7 Å². The molecule has 0 aromatic heterocycles. The summed E-state index contributed by atoms with van der Waals surface area (Å²) in [6, 6.07) is 12.6. The van der Waals surface area contributed by atoms with Gasteiger partial charge in [0, 0.05) is 12.1 Å². The molecule has 1 aliphatic rings. The van der Waals surface area contributed by atoms with E-state index in [4.69, 9.17) is 10.00 Å². The lowest BCUT2D eigenvalue weighted by Crippen LogP contribution is -2.27. The number of ether oxygens (including phenoxy) is 1. The maximum Gasteiger partial charge on any atom is 0.338 e. The highest BCUT2D eigenvalue weighted by Crippen LogP contribution is 2.30. The van der Waals surface area contributed by atoms with Gasteiger partial charge in [-0.2, -0.15) is 5.26 Å². The summed E-state index contributed by atoms with van der Waals surface area (Å²) in [6.45, 7) is -0.0765. The summed E-state index contributed by atoms with van der Waals surface area (Å²) >= 11 is 0. The number of Topliss-reactive ketones (excluding diaryl/α,β-unsaturated/α-hetero) is 1. The second-order valence-electron chi connectivity index (χ2n) is 6.12. The minimum atomic E-state index is -3.35. The first-order chi connectivity index (χ1) is 12.8. The van der Waals surface area contributed by atoms with Crippen molar-refractivity contribution in [1.29, 1.82) is 5.26 Å². The molecule has 8 heteroatoms. The van der Waals surface area contributed by atoms with Crippen LogP contribution in [0.25, 0.3) is 0 Å². The second-order valence-corrected chi connectivity index (χ2v) is 8.02. The standard InChI is InChI=1S/C19H16N2O5S/c1-27(24,25)21-9-8-15-10-16(6-7-17(15)21)18(22)12-26-19(23)14-4-2-13(11-20)3-5-14/h2-7,10H,8-9,12H2,1H3. The number of anilines is 1. The van der Waals surface area contributed by atoms with Gasteiger partial charge in [0.2, 0.25) is 10.0 Å². The molecule has 0 atom stereocenters. The molecule has 0 N–H and O–H groups in total. The minimum Gasteiger partial charge on any atom is -0.454 e. The Morgan fingerprint density at radius 3 is 2.44 bits per heavy atom. The lowest BCUT2D eigenvalue weighted by molar-refractivity contribution is 0.0474. The Kier molecular flexibility index (Phi) is 4.97. The number of rotatable bonds is 5. The monoisotopic (exact) mass is 384 g/mol. The average Bonchev–Trinajstić information content (AvgIpc) is 3.09. The zero-order valence-electron chi connectivity index (χ0n) is 14.5. The predicted octanol–water partition coefficient (Wildman–Crippen LogP) is 1.92. The molecule has 1 heterocycles. The van der Waals surface area contributed by atoms with E-state index in [9.17, 15) is 18.0 Å². The van der Waals surface area contributed by atoms with Crippen LogP contribution in [0.2, 0.25) is 0 Å². The second kappa shape index (κ2) is 7.21. The van der Waals surface area contributed by atoms with E-state index < -0.39 is 22.6 Å². The molecule has 7 nitrogen and oxygen atoms in total. The number of carbonyl (C=O) groups excluding carboxylic acids is 2. The van der Waals surface area contributed by atoms with Crippen LogP contribution in [0.15, 0.2) is 42.5 Å². The third kappa shape index (κ3) is 3.99. The van der Waals surface area contributed by atoms with Gasteiger partial charge in [-0.05, 0) is 54.4 Å². The van der Waals surface area contributed by atoms with Gasteiger partial charge in [-0.3, -0.25) is 9.10 Å². The summed E-state index contributed by atoms with van der Waals surface area (Å²) in [5.74, 6) is -1.03. The van der Waals surface area contributed by atoms with Gasteiger partial charge >= 0.3 is 5.97 Å². The number of esters is 1. The van der Waals surface area contributed by atoms with Crippen molar-refractivity contribution < 1.29 is 22.7 Å². The number of ketones is 1. The van der Waals surface area contributed by atoms with Gasteiger partial charge in [0.15, 0.2) is 12.4 Å². The van der Waals surface area contributed by atoms with Gasteiger partial charge in [0.05, 0.1) is 29.1 Å². The molecule has 2 aromatic carbocycles. The van der Waals surface area contributed by atoms with E-state index in [0.29, 0.717) is 29.8 Å². The van der Waals surface area contributed by atoms with Crippen LogP contribution in [-0.2, 0) is 21.2 Å². The fourth-order valence-corrected chi connectivity index (χ4v) is 3.83. The van der Waals surface area contributed by atoms with E-state index in [1.807, 2.05) is 6.07 Å². The molecule has 0 fully saturated rings. The summed E-state index contributed by atoms with van der Waals surface area (Å²) in [6.07, 6.45) is 1.67. The molecule has 0 spiro atoms. The van der Waals surface area contributed by atoms with Crippen molar-refractivity contribution in [1.82, 2.24) is 0 Å². The lowest BCUT2D eigenvalue weighted by Gasteiger charge is -2.16. The van der Waals surface area contributed by atoms with Gasteiger partial charge in [-0.25, -0.2) is 13.2 Å². The number of carbonyl (C=O) groups is 2. The first-order valence-corrected chi connectivity index (χ1v) is 9.95. The van der Waals surface area contributed by atoms with E-state index in [0.717, 1.165) is 11.8 Å². The Hall–Kier alpha value is -3.18. The smallest absolute Gasteiger partial charge is 0.338 e. The van der Waals surface area contributed by atoms with Crippen molar-refractivity contribution >= 4 is 27.5 Å². The molecule has 2 aromatic rings. The molecule has 0 unspecified atom stereocenters.